The van der Waals surface area contributed by atoms with Gasteiger partial charge in [0.25, 0.3) is 0 Å². The summed E-state index contributed by atoms with van der Waals surface area (Å²) < 4.78 is 11.3. The summed E-state index contributed by atoms with van der Waals surface area (Å²) in [5.74, 6) is 1.52. The van der Waals surface area contributed by atoms with E-state index in [1.54, 1.807) is 7.11 Å². The minimum absolute atomic E-state index is 0.533. The molecule has 0 aliphatic carbocycles. The number of fused-ring (bicyclic) bond motifs is 1. The smallest absolute Gasteiger partial charge is 0.153 e. The molecule has 110 valence electrons. The van der Waals surface area contributed by atoms with Crippen LogP contribution in [0.15, 0.2) is 16.5 Å². The third kappa shape index (κ3) is 3.35. The fourth-order valence-electron chi connectivity index (χ4n) is 2.31. The Bertz CT molecular complexity index is 590. The highest BCUT2D eigenvalue weighted by atomic mass is 35.5. The molecular formula is C16H22ClNO2. The molecule has 0 radical (unpaired) electrons. The summed E-state index contributed by atoms with van der Waals surface area (Å²) in [5.41, 5.74) is 2.97. The maximum absolute atomic E-state index is 6.28. The normalized spacial score (nSPS) is 11.7. The Labute approximate surface area is 125 Å². The van der Waals surface area contributed by atoms with Gasteiger partial charge >= 0.3 is 0 Å². The topological polar surface area (TPSA) is 34.4 Å². The van der Waals surface area contributed by atoms with Crippen LogP contribution in [0.3, 0.4) is 0 Å². The van der Waals surface area contributed by atoms with Crippen LogP contribution in [-0.4, -0.2) is 13.7 Å². The van der Waals surface area contributed by atoms with E-state index >= 15 is 0 Å². The van der Waals surface area contributed by atoms with Gasteiger partial charge < -0.3 is 14.5 Å². The summed E-state index contributed by atoms with van der Waals surface area (Å²) in [6, 6.07) is 4.03. The highest BCUT2D eigenvalue weighted by Crippen LogP contribution is 2.33. The summed E-state index contributed by atoms with van der Waals surface area (Å²) in [4.78, 5) is 0. The van der Waals surface area contributed by atoms with Crippen LogP contribution < -0.4 is 5.32 Å². The third-order valence-corrected chi connectivity index (χ3v) is 3.48. The van der Waals surface area contributed by atoms with Gasteiger partial charge in [-0.25, -0.2) is 0 Å². The molecule has 0 spiro atoms. The summed E-state index contributed by atoms with van der Waals surface area (Å²) in [6.45, 7) is 8.58. The van der Waals surface area contributed by atoms with Crippen molar-refractivity contribution in [2.75, 3.05) is 13.7 Å². The second kappa shape index (κ2) is 6.61. The van der Waals surface area contributed by atoms with E-state index in [-0.39, 0.29) is 0 Å². The lowest BCUT2D eigenvalue weighted by Gasteiger charge is -2.07. The lowest BCUT2D eigenvalue weighted by Crippen LogP contribution is -2.19. The predicted molar refractivity (Wildman–Crippen MR) is 83.2 cm³/mol. The van der Waals surface area contributed by atoms with Gasteiger partial charge in [-0.1, -0.05) is 25.4 Å². The van der Waals surface area contributed by atoms with Gasteiger partial charge in [-0.3, -0.25) is 0 Å². The molecule has 0 saturated heterocycles. The van der Waals surface area contributed by atoms with E-state index in [4.69, 9.17) is 20.8 Å². The minimum Gasteiger partial charge on any atom is -0.458 e. The first-order valence-corrected chi connectivity index (χ1v) is 7.30. The zero-order valence-electron chi connectivity index (χ0n) is 12.5. The number of hydrogen-bond donors (Lipinski definition) is 1. The van der Waals surface area contributed by atoms with E-state index in [2.05, 4.69) is 25.2 Å². The molecule has 0 aliphatic rings. The highest BCUT2D eigenvalue weighted by Gasteiger charge is 2.16. The molecular weight excluding hydrogens is 274 g/mol. The number of methoxy groups -OCH3 is 1. The minimum atomic E-state index is 0.533. The van der Waals surface area contributed by atoms with E-state index in [1.165, 1.54) is 0 Å². The van der Waals surface area contributed by atoms with Crippen LogP contribution in [0.4, 0.5) is 0 Å². The Kier molecular flexibility index (Phi) is 5.08. The van der Waals surface area contributed by atoms with Gasteiger partial charge in [0.15, 0.2) is 5.58 Å². The molecule has 1 aromatic carbocycles. The van der Waals surface area contributed by atoms with Gasteiger partial charge in [0.2, 0.25) is 0 Å². The first-order chi connectivity index (χ1) is 9.52. The van der Waals surface area contributed by atoms with Crippen molar-refractivity contribution in [2.45, 2.75) is 33.9 Å². The van der Waals surface area contributed by atoms with E-state index in [0.29, 0.717) is 24.1 Å². The Morgan fingerprint density at radius 2 is 2.10 bits per heavy atom. The summed E-state index contributed by atoms with van der Waals surface area (Å²) in [5, 5.41) is 5.12. The Balaban J connectivity index is 2.37. The van der Waals surface area contributed by atoms with Crippen molar-refractivity contribution in [2.24, 2.45) is 5.92 Å². The molecule has 20 heavy (non-hydrogen) atoms. The van der Waals surface area contributed by atoms with Gasteiger partial charge in [0.1, 0.15) is 5.76 Å². The second-order valence-corrected chi connectivity index (χ2v) is 5.99. The zero-order chi connectivity index (χ0) is 14.7. The number of nitrogens with one attached hydrogen (secondary N) is 1. The molecule has 3 nitrogen and oxygen atoms in total. The van der Waals surface area contributed by atoms with Gasteiger partial charge in [0, 0.05) is 18.1 Å². The number of hydrogen-bond acceptors (Lipinski definition) is 3. The average molecular weight is 296 g/mol. The lowest BCUT2D eigenvalue weighted by atomic mass is 10.1. The van der Waals surface area contributed by atoms with Crippen LogP contribution in [0, 0.1) is 12.8 Å². The number of aryl methyl sites for hydroxylation is 1. The molecule has 1 heterocycles. The number of rotatable bonds is 6. The summed E-state index contributed by atoms with van der Waals surface area (Å²) >= 11 is 6.28. The quantitative estimate of drug-likeness (QED) is 0.863. The largest absolute Gasteiger partial charge is 0.458 e. The molecule has 2 aromatic rings. The van der Waals surface area contributed by atoms with Crippen molar-refractivity contribution < 1.29 is 9.15 Å². The van der Waals surface area contributed by atoms with Crippen molar-refractivity contribution >= 4 is 22.6 Å². The molecule has 0 fully saturated rings. The van der Waals surface area contributed by atoms with Crippen molar-refractivity contribution in [1.82, 2.24) is 5.32 Å². The van der Waals surface area contributed by atoms with E-state index < -0.39 is 0 Å². The van der Waals surface area contributed by atoms with Gasteiger partial charge in [-0.15, -0.1) is 0 Å². The molecule has 0 bridgehead atoms. The molecule has 0 unspecified atom stereocenters. The molecule has 0 saturated carbocycles. The third-order valence-electron chi connectivity index (χ3n) is 3.20. The monoisotopic (exact) mass is 295 g/mol. The number of furan rings is 1. The molecule has 4 heteroatoms. The molecule has 1 N–H and O–H groups in total. The number of halogens is 1. The Morgan fingerprint density at radius 1 is 1.35 bits per heavy atom. The fraction of sp³-hybridized carbons (Fsp3) is 0.500. The SMILES string of the molecule is COCc1c(CNCC(C)C)oc2c(Cl)cc(C)cc12. The number of ether oxygens (including phenoxy) is 1. The van der Waals surface area contributed by atoms with Crippen LogP contribution >= 0.6 is 11.6 Å². The fourth-order valence-corrected chi connectivity index (χ4v) is 2.62. The van der Waals surface area contributed by atoms with Crippen molar-refractivity contribution in [3.05, 3.63) is 34.0 Å². The molecule has 0 atom stereocenters. The van der Waals surface area contributed by atoms with Crippen LogP contribution in [0.1, 0.15) is 30.7 Å². The standard InChI is InChI=1S/C16H22ClNO2/c1-10(2)7-18-8-15-13(9-19-4)12-5-11(3)6-14(17)16(12)20-15/h5-6,10,18H,7-9H2,1-4H3. The molecule has 0 amide bonds. The van der Waals surface area contributed by atoms with Gasteiger partial charge in [0.05, 0.1) is 18.2 Å². The first-order valence-electron chi connectivity index (χ1n) is 6.93. The predicted octanol–water partition coefficient (Wildman–Crippen LogP) is 4.29. The zero-order valence-corrected chi connectivity index (χ0v) is 13.3. The molecule has 0 aliphatic heterocycles. The van der Waals surface area contributed by atoms with Crippen LogP contribution in [-0.2, 0) is 17.9 Å². The highest BCUT2D eigenvalue weighted by molar-refractivity contribution is 6.35. The van der Waals surface area contributed by atoms with Crippen molar-refractivity contribution in [1.29, 1.82) is 0 Å². The van der Waals surface area contributed by atoms with Crippen LogP contribution in [0.2, 0.25) is 5.02 Å². The Morgan fingerprint density at radius 3 is 2.75 bits per heavy atom. The summed E-state index contributed by atoms with van der Waals surface area (Å²) in [6.07, 6.45) is 0. The van der Waals surface area contributed by atoms with Crippen molar-refractivity contribution in [3.8, 4) is 0 Å². The lowest BCUT2D eigenvalue weighted by molar-refractivity contribution is 0.183. The maximum atomic E-state index is 6.28. The van der Waals surface area contributed by atoms with Crippen LogP contribution in [0.5, 0.6) is 0 Å². The van der Waals surface area contributed by atoms with Crippen molar-refractivity contribution in [3.63, 3.8) is 0 Å². The second-order valence-electron chi connectivity index (χ2n) is 5.58. The van der Waals surface area contributed by atoms with Gasteiger partial charge in [-0.05, 0) is 37.1 Å². The molecule has 1 aromatic heterocycles. The van der Waals surface area contributed by atoms with Gasteiger partial charge in [-0.2, -0.15) is 0 Å². The Hall–Kier alpha value is -1.03. The number of benzene rings is 1. The average Bonchev–Trinajstić information content (AvgIpc) is 2.69. The van der Waals surface area contributed by atoms with E-state index in [1.807, 2.05) is 13.0 Å². The maximum Gasteiger partial charge on any atom is 0.153 e. The van der Waals surface area contributed by atoms with Crippen LogP contribution in [0.25, 0.3) is 11.0 Å². The first kappa shape index (κ1) is 15.4. The molecule has 2 rings (SSSR count). The van der Waals surface area contributed by atoms with E-state index in [0.717, 1.165) is 34.4 Å². The van der Waals surface area contributed by atoms with E-state index in [9.17, 15) is 0 Å². The summed E-state index contributed by atoms with van der Waals surface area (Å²) in [7, 11) is 1.70.